The summed E-state index contributed by atoms with van der Waals surface area (Å²) < 4.78 is 29.0. The van der Waals surface area contributed by atoms with E-state index in [4.69, 9.17) is 0 Å². The zero-order chi connectivity index (χ0) is 21.3. The van der Waals surface area contributed by atoms with Gasteiger partial charge in [-0.1, -0.05) is 42.1 Å². The zero-order valence-corrected chi connectivity index (χ0v) is 16.1. The van der Waals surface area contributed by atoms with E-state index in [2.05, 4.69) is 4.98 Å². The first-order chi connectivity index (χ1) is 14.5. The maximum atomic E-state index is 14.5. The molecule has 4 aromatic rings. The van der Waals surface area contributed by atoms with Crippen molar-refractivity contribution < 1.29 is 13.7 Å². The average Bonchev–Trinajstić information content (AvgIpc) is 2.73. The maximum absolute atomic E-state index is 14.5. The molecule has 30 heavy (non-hydrogen) atoms. The predicted molar refractivity (Wildman–Crippen MR) is 110 cm³/mol. The normalized spacial score (nSPS) is 11.0. The van der Waals surface area contributed by atoms with Gasteiger partial charge in [-0.05, 0) is 24.3 Å². The van der Waals surface area contributed by atoms with Crippen molar-refractivity contribution in [1.29, 1.82) is 0 Å². The summed E-state index contributed by atoms with van der Waals surface area (Å²) in [5, 5.41) is 11.7. The summed E-state index contributed by atoms with van der Waals surface area (Å²) in [6, 6.07) is 15.7. The Hall–Kier alpha value is -3.59. The summed E-state index contributed by atoms with van der Waals surface area (Å²) in [6.45, 7) is 0. The fourth-order valence-electron chi connectivity index (χ4n) is 3.04. The highest BCUT2D eigenvalue weighted by Crippen LogP contribution is 2.29. The van der Waals surface area contributed by atoms with Gasteiger partial charge in [0.25, 0.3) is 11.2 Å². The van der Waals surface area contributed by atoms with Crippen LogP contribution in [0.4, 0.5) is 14.5 Å². The molecule has 0 fully saturated rings. The molecule has 0 spiro atoms. The van der Waals surface area contributed by atoms with Gasteiger partial charge >= 0.3 is 0 Å². The first-order valence-electron chi connectivity index (χ1n) is 8.78. The van der Waals surface area contributed by atoms with E-state index in [0.29, 0.717) is 17.1 Å². The van der Waals surface area contributed by atoms with Crippen LogP contribution in [-0.2, 0) is 5.75 Å². The van der Waals surface area contributed by atoms with Crippen LogP contribution in [0.2, 0.25) is 0 Å². The molecular formula is C21H13F2N3O3S. The Morgan fingerprint density at radius 1 is 1.03 bits per heavy atom. The van der Waals surface area contributed by atoms with Gasteiger partial charge in [-0.2, -0.15) is 0 Å². The second-order valence-corrected chi connectivity index (χ2v) is 7.26. The van der Waals surface area contributed by atoms with E-state index in [1.54, 1.807) is 42.5 Å². The first-order valence-corrected chi connectivity index (χ1v) is 9.76. The van der Waals surface area contributed by atoms with Crippen molar-refractivity contribution in [1.82, 2.24) is 9.55 Å². The minimum Gasteiger partial charge on any atom is -0.268 e. The molecule has 3 aromatic carbocycles. The van der Waals surface area contributed by atoms with E-state index in [9.17, 15) is 23.7 Å². The molecule has 1 heterocycles. The van der Waals surface area contributed by atoms with Crippen LogP contribution in [0.15, 0.2) is 76.7 Å². The zero-order valence-electron chi connectivity index (χ0n) is 15.3. The van der Waals surface area contributed by atoms with Gasteiger partial charge in [-0.15, -0.1) is 0 Å². The lowest BCUT2D eigenvalue weighted by Gasteiger charge is -2.14. The smallest absolute Gasteiger partial charge is 0.268 e. The van der Waals surface area contributed by atoms with Gasteiger partial charge in [-0.25, -0.2) is 13.8 Å². The van der Waals surface area contributed by atoms with Crippen molar-refractivity contribution >= 4 is 28.4 Å². The summed E-state index contributed by atoms with van der Waals surface area (Å²) in [6.07, 6.45) is 0. The summed E-state index contributed by atoms with van der Waals surface area (Å²) in [5.41, 5.74) is 0.112. The standard InChI is InChI=1S/C21H13F2N3O3S/c22-14-9-10-19(16(23)11-14)25-20(27)15-6-2-3-7-17(15)24-21(25)30-12-13-5-1-4-8-18(13)26(28)29/h1-11H,12H2. The van der Waals surface area contributed by atoms with Crippen molar-refractivity contribution in [2.75, 3.05) is 0 Å². The van der Waals surface area contributed by atoms with Gasteiger partial charge in [-0.3, -0.25) is 19.5 Å². The monoisotopic (exact) mass is 425 g/mol. The number of benzene rings is 3. The minimum absolute atomic E-state index is 0.0624. The molecule has 0 unspecified atom stereocenters. The van der Waals surface area contributed by atoms with Crippen LogP contribution in [-0.4, -0.2) is 14.5 Å². The predicted octanol–water partition coefficient (Wildman–Crippen LogP) is 4.86. The molecule has 0 aliphatic heterocycles. The van der Waals surface area contributed by atoms with Crippen molar-refractivity contribution in [2.24, 2.45) is 0 Å². The number of thioether (sulfide) groups is 1. The average molecular weight is 425 g/mol. The Labute approximate surface area is 173 Å². The van der Waals surface area contributed by atoms with E-state index >= 15 is 0 Å². The van der Waals surface area contributed by atoms with Gasteiger partial charge in [0.15, 0.2) is 5.16 Å². The SMILES string of the molecule is O=c1c2ccccc2nc(SCc2ccccc2[N+](=O)[O-])n1-c1ccc(F)cc1F. The van der Waals surface area contributed by atoms with Crippen LogP contribution in [0.5, 0.6) is 0 Å². The van der Waals surface area contributed by atoms with Crippen molar-refractivity contribution in [2.45, 2.75) is 10.9 Å². The summed E-state index contributed by atoms with van der Waals surface area (Å²) >= 11 is 1.06. The molecule has 0 aliphatic carbocycles. The highest BCUT2D eigenvalue weighted by molar-refractivity contribution is 7.98. The van der Waals surface area contributed by atoms with Crippen LogP contribution in [0, 0.1) is 21.7 Å². The highest BCUT2D eigenvalue weighted by atomic mass is 32.2. The summed E-state index contributed by atoms with van der Waals surface area (Å²) in [7, 11) is 0. The molecule has 6 nitrogen and oxygen atoms in total. The third kappa shape index (κ3) is 3.67. The van der Waals surface area contributed by atoms with E-state index in [1.807, 2.05) is 0 Å². The van der Waals surface area contributed by atoms with Crippen molar-refractivity contribution in [3.63, 3.8) is 0 Å². The highest BCUT2D eigenvalue weighted by Gasteiger charge is 2.19. The van der Waals surface area contributed by atoms with Crippen molar-refractivity contribution in [3.05, 3.63) is 104 Å². The molecular weight excluding hydrogens is 412 g/mol. The second-order valence-electron chi connectivity index (χ2n) is 6.32. The molecule has 0 aliphatic rings. The lowest BCUT2D eigenvalue weighted by atomic mass is 10.2. The Bertz CT molecular complexity index is 1340. The van der Waals surface area contributed by atoms with E-state index in [-0.39, 0.29) is 27.7 Å². The van der Waals surface area contributed by atoms with E-state index in [1.165, 1.54) is 6.07 Å². The Balaban J connectivity index is 1.87. The van der Waals surface area contributed by atoms with Gasteiger partial charge in [0.05, 0.1) is 21.5 Å². The molecule has 4 rings (SSSR count). The third-order valence-electron chi connectivity index (χ3n) is 4.44. The molecule has 150 valence electrons. The number of fused-ring (bicyclic) bond motifs is 1. The van der Waals surface area contributed by atoms with Crippen LogP contribution in [0.1, 0.15) is 5.56 Å². The third-order valence-corrected chi connectivity index (χ3v) is 5.43. The summed E-state index contributed by atoms with van der Waals surface area (Å²) in [4.78, 5) is 28.4. The molecule has 0 radical (unpaired) electrons. The molecule has 1 aromatic heterocycles. The number of nitro benzene ring substituents is 1. The molecule has 0 amide bonds. The number of rotatable bonds is 5. The van der Waals surface area contributed by atoms with E-state index < -0.39 is 22.1 Å². The van der Waals surface area contributed by atoms with Gasteiger partial charge < -0.3 is 0 Å². The number of hydrogen-bond donors (Lipinski definition) is 0. The molecule has 0 N–H and O–H groups in total. The first kappa shape index (κ1) is 19.7. The quantitative estimate of drug-likeness (QED) is 0.197. The minimum atomic E-state index is -0.915. The fourth-order valence-corrected chi connectivity index (χ4v) is 4.04. The van der Waals surface area contributed by atoms with Crippen LogP contribution in [0.3, 0.4) is 0 Å². The topological polar surface area (TPSA) is 78.0 Å². The lowest BCUT2D eigenvalue weighted by Crippen LogP contribution is -2.22. The number of hydrogen-bond acceptors (Lipinski definition) is 5. The number of nitrogens with zero attached hydrogens (tertiary/aromatic N) is 3. The summed E-state index contributed by atoms with van der Waals surface area (Å²) in [5.74, 6) is -1.56. The van der Waals surface area contributed by atoms with Crippen LogP contribution < -0.4 is 5.56 Å². The van der Waals surface area contributed by atoms with E-state index in [0.717, 1.165) is 28.5 Å². The molecule has 0 saturated carbocycles. The number of halogens is 2. The van der Waals surface area contributed by atoms with Gasteiger partial charge in [0, 0.05) is 23.4 Å². The molecule has 0 atom stereocenters. The fraction of sp³-hybridized carbons (Fsp3) is 0.0476. The van der Waals surface area contributed by atoms with Crippen LogP contribution >= 0.6 is 11.8 Å². The lowest BCUT2D eigenvalue weighted by molar-refractivity contribution is -0.385. The van der Waals surface area contributed by atoms with Crippen LogP contribution in [0.25, 0.3) is 16.6 Å². The largest absolute Gasteiger partial charge is 0.273 e. The molecule has 0 bridgehead atoms. The van der Waals surface area contributed by atoms with Gasteiger partial charge in [0.2, 0.25) is 0 Å². The number of para-hydroxylation sites is 2. The Morgan fingerprint density at radius 3 is 2.53 bits per heavy atom. The Morgan fingerprint density at radius 2 is 1.77 bits per heavy atom. The number of aromatic nitrogens is 2. The molecule has 0 saturated heterocycles. The van der Waals surface area contributed by atoms with Gasteiger partial charge in [0.1, 0.15) is 11.6 Å². The van der Waals surface area contributed by atoms with Crippen molar-refractivity contribution in [3.8, 4) is 5.69 Å². The Kier molecular flexibility index (Phi) is 5.28. The second kappa shape index (κ2) is 8.03. The molecule has 9 heteroatoms. The maximum Gasteiger partial charge on any atom is 0.273 e. The number of nitro groups is 1.